The lowest BCUT2D eigenvalue weighted by atomic mass is 10.1. The molecule has 34 heavy (non-hydrogen) atoms. The van der Waals surface area contributed by atoms with Crippen molar-refractivity contribution in [3.63, 3.8) is 0 Å². The molecule has 0 unspecified atom stereocenters. The quantitative estimate of drug-likeness (QED) is 0.410. The Labute approximate surface area is 195 Å². The van der Waals surface area contributed by atoms with Crippen LogP contribution in [0.1, 0.15) is 17.8 Å². The SMILES string of the molecule is CN(c1ccccc1Nc1c(-c2cnc3c(n2)CCC3)cnc2c1c(=O)n(C)n2N)S(C)(=O)=O. The molecule has 0 spiro atoms. The topological polar surface area (TPSA) is 141 Å². The second kappa shape index (κ2) is 7.83. The molecule has 1 aliphatic rings. The number of aromatic nitrogens is 5. The van der Waals surface area contributed by atoms with E-state index in [1.807, 2.05) is 0 Å². The maximum atomic E-state index is 13.1. The van der Waals surface area contributed by atoms with Gasteiger partial charge in [0.1, 0.15) is 5.39 Å². The molecule has 0 radical (unpaired) electrons. The maximum absolute atomic E-state index is 13.1. The second-order valence-electron chi connectivity index (χ2n) is 8.29. The Balaban J connectivity index is 1.76. The first-order valence-electron chi connectivity index (χ1n) is 10.7. The number of hydrogen-bond acceptors (Lipinski definition) is 8. The number of hydrogen-bond donors (Lipinski definition) is 2. The Hall–Kier alpha value is -3.93. The Kier molecular flexibility index (Phi) is 5.04. The monoisotopic (exact) mass is 480 g/mol. The van der Waals surface area contributed by atoms with Gasteiger partial charge in [-0.05, 0) is 31.4 Å². The van der Waals surface area contributed by atoms with Crippen LogP contribution >= 0.6 is 0 Å². The fraction of sp³-hybridized carbons (Fsp3) is 0.273. The van der Waals surface area contributed by atoms with Gasteiger partial charge in [-0.2, -0.15) is 4.79 Å². The van der Waals surface area contributed by atoms with Crippen LogP contribution in [0.25, 0.3) is 22.3 Å². The van der Waals surface area contributed by atoms with E-state index in [4.69, 9.17) is 10.8 Å². The molecule has 11 nitrogen and oxygen atoms in total. The molecule has 1 aromatic carbocycles. The molecule has 176 valence electrons. The van der Waals surface area contributed by atoms with Crippen LogP contribution in [0, 0.1) is 0 Å². The van der Waals surface area contributed by atoms with Crippen molar-refractivity contribution in [2.45, 2.75) is 19.3 Å². The summed E-state index contributed by atoms with van der Waals surface area (Å²) in [5.74, 6) is 6.07. The lowest BCUT2D eigenvalue weighted by Crippen LogP contribution is -2.25. The average Bonchev–Trinajstić information content (AvgIpc) is 3.37. The van der Waals surface area contributed by atoms with E-state index >= 15 is 0 Å². The van der Waals surface area contributed by atoms with E-state index in [1.165, 1.54) is 20.8 Å². The third-order valence-electron chi connectivity index (χ3n) is 6.14. The smallest absolute Gasteiger partial charge is 0.279 e. The molecule has 0 amide bonds. The number of aryl methyl sites for hydroxylation is 2. The number of pyridine rings is 1. The van der Waals surface area contributed by atoms with Gasteiger partial charge < -0.3 is 11.2 Å². The number of rotatable bonds is 5. The van der Waals surface area contributed by atoms with Gasteiger partial charge in [-0.1, -0.05) is 12.1 Å². The number of nitrogens with two attached hydrogens (primary N) is 1. The predicted octanol–water partition coefficient (Wildman–Crippen LogP) is 1.53. The van der Waals surface area contributed by atoms with E-state index in [0.717, 1.165) is 36.9 Å². The number of benzene rings is 1. The first-order valence-corrected chi connectivity index (χ1v) is 12.5. The average molecular weight is 481 g/mol. The molecule has 1 aliphatic carbocycles. The largest absolute Gasteiger partial charge is 0.352 e. The molecule has 0 bridgehead atoms. The predicted molar refractivity (Wildman–Crippen MR) is 131 cm³/mol. The summed E-state index contributed by atoms with van der Waals surface area (Å²) >= 11 is 0. The van der Waals surface area contributed by atoms with Gasteiger partial charge in [0, 0.05) is 25.9 Å². The molecule has 12 heteroatoms. The van der Waals surface area contributed by atoms with Crippen LogP contribution < -0.4 is 21.0 Å². The molecular formula is C22H24N8O3S. The molecule has 0 saturated heterocycles. The Bertz CT molecular complexity index is 1610. The fourth-order valence-electron chi connectivity index (χ4n) is 4.19. The molecular weight excluding hydrogens is 456 g/mol. The normalized spacial score (nSPS) is 13.3. The van der Waals surface area contributed by atoms with E-state index in [1.54, 1.807) is 43.7 Å². The van der Waals surface area contributed by atoms with Crippen LogP contribution in [0.2, 0.25) is 0 Å². The summed E-state index contributed by atoms with van der Waals surface area (Å²) in [6, 6.07) is 6.95. The molecule has 0 fully saturated rings. The third-order valence-corrected chi connectivity index (χ3v) is 7.33. The highest BCUT2D eigenvalue weighted by molar-refractivity contribution is 7.92. The minimum atomic E-state index is -3.52. The second-order valence-corrected chi connectivity index (χ2v) is 10.3. The van der Waals surface area contributed by atoms with E-state index in [0.29, 0.717) is 28.3 Å². The molecule has 0 atom stereocenters. The van der Waals surface area contributed by atoms with Crippen molar-refractivity contribution in [3.8, 4) is 11.3 Å². The van der Waals surface area contributed by atoms with Crippen LogP contribution in [-0.2, 0) is 29.9 Å². The summed E-state index contributed by atoms with van der Waals surface area (Å²) in [6.07, 6.45) is 7.15. The van der Waals surface area contributed by atoms with E-state index in [-0.39, 0.29) is 16.6 Å². The molecule has 5 rings (SSSR count). The first-order chi connectivity index (χ1) is 16.2. The van der Waals surface area contributed by atoms with Crippen molar-refractivity contribution in [2.24, 2.45) is 7.05 Å². The minimum absolute atomic E-state index is 0.265. The number of fused-ring (bicyclic) bond motifs is 2. The highest BCUT2D eigenvalue weighted by Crippen LogP contribution is 2.37. The lowest BCUT2D eigenvalue weighted by Gasteiger charge is -2.22. The summed E-state index contributed by atoms with van der Waals surface area (Å²) in [5, 5.41) is 3.55. The van der Waals surface area contributed by atoms with Crippen LogP contribution in [0.5, 0.6) is 0 Å². The van der Waals surface area contributed by atoms with Gasteiger partial charge in [-0.25, -0.2) is 23.1 Å². The number of sulfonamides is 1. The van der Waals surface area contributed by atoms with Crippen molar-refractivity contribution >= 4 is 38.1 Å². The molecule has 0 saturated carbocycles. The van der Waals surface area contributed by atoms with Gasteiger partial charge in [-0.15, -0.1) is 0 Å². The summed E-state index contributed by atoms with van der Waals surface area (Å²) < 4.78 is 26.9. The Morgan fingerprint density at radius 3 is 2.62 bits per heavy atom. The van der Waals surface area contributed by atoms with Gasteiger partial charge in [-0.3, -0.25) is 14.1 Å². The summed E-state index contributed by atoms with van der Waals surface area (Å²) in [5.41, 5.74) is 4.32. The molecule has 3 N–H and O–H groups in total. The maximum Gasteiger partial charge on any atom is 0.279 e. The number of nitrogens with zero attached hydrogens (tertiary/aromatic N) is 6. The van der Waals surface area contributed by atoms with Gasteiger partial charge >= 0.3 is 0 Å². The van der Waals surface area contributed by atoms with E-state index < -0.39 is 10.0 Å². The Morgan fingerprint density at radius 1 is 1.12 bits per heavy atom. The minimum Gasteiger partial charge on any atom is -0.352 e. The Morgan fingerprint density at radius 2 is 1.85 bits per heavy atom. The van der Waals surface area contributed by atoms with Crippen LogP contribution in [0.15, 0.2) is 41.5 Å². The highest BCUT2D eigenvalue weighted by Gasteiger charge is 2.23. The zero-order valence-corrected chi connectivity index (χ0v) is 19.8. The third kappa shape index (κ3) is 3.46. The van der Waals surface area contributed by atoms with Crippen LogP contribution in [0.4, 0.5) is 17.1 Å². The van der Waals surface area contributed by atoms with Gasteiger partial charge in [0.25, 0.3) is 5.56 Å². The summed E-state index contributed by atoms with van der Waals surface area (Å²) in [7, 11) is -0.502. The highest BCUT2D eigenvalue weighted by atomic mass is 32.2. The number of anilines is 3. The summed E-state index contributed by atoms with van der Waals surface area (Å²) in [6.45, 7) is 0. The first kappa shape index (κ1) is 21.9. The zero-order chi connectivity index (χ0) is 24.2. The van der Waals surface area contributed by atoms with Crippen molar-refractivity contribution in [1.29, 1.82) is 0 Å². The number of nitrogen functional groups attached to an aromatic ring is 1. The van der Waals surface area contributed by atoms with Crippen LogP contribution in [-0.4, -0.2) is 46.1 Å². The molecule has 3 aromatic heterocycles. The molecule has 4 aromatic rings. The molecule has 0 aliphatic heterocycles. The standard InChI is InChI=1S/C22H24N8O3S/c1-28-22(31)19-20(27-16-7-4-5-10-18(16)29(2)34(3,32)33)13(11-25-21(19)30(28)23)17-12-24-14-8-6-9-15(14)26-17/h4-5,7,10-12H,6,8-9,23H2,1-3H3,(H,25,27). The van der Waals surface area contributed by atoms with Crippen molar-refractivity contribution in [1.82, 2.24) is 24.4 Å². The zero-order valence-electron chi connectivity index (χ0n) is 19.0. The lowest BCUT2D eigenvalue weighted by molar-refractivity contribution is 0.600. The van der Waals surface area contributed by atoms with Crippen molar-refractivity contribution < 1.29 is 8.42 Å². The number of para-hydroxylation sites is 2. The number of nitrogens with one attached hydrogen (secondary N) is 1. The van der Waals surface area contributed by atoms with Crippen LogP contribution in [0.3, 0.4) is 0 Å². The van der Waals surface area contributed by atoms with Gasteiger partial charge in [0.15, 0.2) is 5.65 Å². The van der Waals surface area contributed by atoms with E-state index in [2.05, 4.69) is 15.3 Å². The van der Waals surface area contributed by atoms with Gasteiger partial charge in [0.2, 0.25) is 10.0 Å². The summed E-state index contributed by atoms with van der Waals surface area (Å²) in [4.78, 5) is 28.1. The van der Waals surface area contributed by atoms with Gasteiger partial charge in [0.05, 0.1) is 46.6 Å². The van der Waals surface area contributed by atoms with Crippen molar-refractivity contribution in [3.05, 3.63) is 58.4 Å². The molecule has 3 heterocycles. The van der Waals surface area contributed by atoms with E-state index in [9.17, 15) is 13.2 Å². The fourth-order valence-corrected chi connectivity index (χ4v) is 4.70. The van der Waals surface area contributed by atoms with Crippen molar-refractivity contribution in [2.75, 3.05) is 28.8 Å².